The van der Waals surface area contributed by atoms with Gasteiger partial charge in [-0.1, -0.05) is 38.8 Å². The molecule has 1 heterocycles. The molecule has 0 radical (unpaired) electrons. The summed E-state index contributed by atoms with van der Waals surface area (Å²) < 4.78 is 18.1. The molecular formula is C29H38O9. The lowest BCUT2D eigenvalue weighted by molar-refractivity contribution is -0.201. The van der Waals surface area contributed by atoms with Crippen LogP contribution in [-0.4, -0.2) is 64.4 Å². The summed E-state index contributed by atoms with van der Waals surface area (Å²) in [5.74, 6) is -2.27. The van der Waals surface area contributed by atoms with Gasteiger partial charge >= 0.3 is 11.9 Å². The molecule has 208 valence electrons. The minimum Gasteiger partial charge on any atom is -0.481 e. The quantitative estimate of drug-likeness (QED) is 0.454. The number of fused-ring (bicyclic) bond motifs is 7. The van der Waals surface area contributed by atoms with Crippen molar-refractivity contribution < 1.29 is 43.6 Å². The molecule has 0 aromatic rings. The number of carbonyl (C=O) groups excluding carboxylic acids is 3. The summed E-state index contributed by atoms with van der Waals surface area (Å²) >= 11 is 0. The van der Waals surface area contributed by atoms with Crippen LogP contribution in [0.2, 0.25) is 0 Å². The van der Waals surface area contributed by atoms with Crippen LogP contribution in [0.25, 0.3) is 0 Å². The fraction of sp³-hybridized carbons (Fsp3) is 0.724. The Hall–Kier alpha value is -2.36. The van der Waals surface area contributed by atoms with Gasteiger partial charge in [-0.3, -0.25) is 19.2 Å². The van der Waals surface area contributed by atoms with E-state index >= 15 is 0 Å². The van der Waals surface area contributed by atoms with Crippen molar-refractivity contribution in [3.05, 3.63) is 23.8 Å². The van der Waals surface area contributed by atoms with Gasteiger partial charge in [0.2, 0.25) is 5.78 Å². The lowest BCUT2D eigenvalue weighted by Gasteiger charge is -2.59. The van der Waals surface area contributed by atoms with Crippen LogP contribution < -0.4 is 0 Å². The van der Waals surface area contributed by atoms with Crippen LogP contribution in [0.1, 0.15) is 72.1 Å². The third-order valence-corrected chi connectivity index (χ3v) is 10.1. The number of ketones is 2. The highest BCUT2D eigenvalue weighted by Gasteiger charge is 2.75. The van der Waals surface area contributed by atoms with Crippen LogP contribution >= 0.6 is 0 Å². The van der Waals surface area contributed by atoms with Crippen molar-refractivity contribution in [2.75, 3.05) is 6.61 Å². The monoisotopic (exact) mass is 530 g/mol. The van der Waals surface area contributed by atoms with Gasteiger partial charge < -0.3 is 24.4 Å². The van der Waals surface area contributed by atoms with Crippen molar-refractivity contribution in [2.45, 2.75) is 96.2 Å². The Bertz CT molecular complexity index is 1090. The minimum absolute atomic E-state index is 0.0207. The maximum atomic E-state index is 14.0. The van der Waals surface area contributed by atoms with Gasteiger partial charge in [-0.25, -0.2) is 0 Å². The summed E-state index contributed by atoms with van der Waals surface area (Å²) in [6.07, 6.45) is 6.63. The lowest BCUT2D eigenvalue weighted by Crippen LogP contribution is -2.63. The molecule has 9 unspecified atom stereocenters. The van der Waals surface area contributed by atoms with E-state index in [1.165, 1.54) is 0 Å². The van der Waals surface area contributed by atoms with Crippen LogP contribution in [0.15, 0.2) is 23.8 Å². The van der Waals surface area contributed by atoms with Gasteiger partial charge in [-0.15, -0.1) is 0 Å². The second kappa shape index (κ2) is 9.68. The molecule has 3 saturated carbocycles. The van der Waals surface area contributed by atoms with Gasteiger partial charge in [0.05, 0.1) is 25.0 Å². The number of hydrogen-bond acceptors (Lipinski definition) is 8. The first-order valence-electron chi connectivity index (χ1n) is 13.8. The molecule has 9 atom stereocenters. The molecule has 1 saturated heterocycles. The summed E-state index contributed by atoms with van der Waals surface area (Å²) in [4.78, 5) is 49.0. The topological polar surface area (TPSA) is 136 Å². The fourth-order valence-corrected chi connectivity index (χ4v) is 8.54. The van der Waals surface area contributed by atoms with E-state index in [4.69, 9.17) is 19.3 Å². The molecule has 9 heteroatoms. The molecule has 1 aliphatic heterocycles. The molecule has 4 fully saturated rings. The van der Waals surface area contributed by atoms with Crippen LogP contribution in [0.3, 0.4) is 0 Å². The molecule has 0 aromatic heterocycles. The number of carboxylic acids is 1. The fourth-order valence-electron chi connectivity index (χ4n) is 8.54. The Labute approximate surface area is 222 Å². The number of carbonyl (C=O) groups is 4. The first-order chi connectivity index (χ1) is 18.0. The van der Waals surface area contributed by atoms with Gasteiger partial charge in [0.15, 0.2) is 24.3 Å². The molecule has 38 heavy (non-hydrogen) atoms. The molecule has 5 aliphatic rings. The van der Waals surface area contributed by atoms with E-state index < -0.39 is 59.3 Å². The molecule has 9 nitrogen and oxygen atoms in total. The van der Waals surface area contributed by atoms with Crippen molar-refractivity contribution in [2.24, 2.45) is 28.6 Å². The predicted octanol–water partition coefficient (Wildman–Crippen LogP) is 3.13. The average Bonchev–Trinajstić information content (AvgIpc) is 3.33. The predicted molar refractivity (Wildman–Crippen MR) is 134 cm³/mol. The number of aliphatic hydroxyl groups is 1. The molecule has 2 N–H and O–H groups in total. The number of esters is 1. The van der Waals surface area contributed by atoms with Crippen molar-refractivity contribution in [1.29, 1.82) is 0 Å². The standard InChI is InChI=1S/C29H38O9/c1-4-5-25-37-22-13-19-18-7-6-16-12-17(30)10-11-27(16,2)26(18)20(31)14-28(19,3)29(22,38-25)21(32)15-36-24(35)9-8-23(33)34/h10-12,18-20,22,25-26,31H,4-9,13-15H2,1-3H3,(H,33,34). The normalized spacial score (nSPS) is 42.9. The molecule has 0 amide bonds. The van der Waals surface area contributed by atoms with Crippen molar-refractivity contribution in [3.63, 3.8) is 0 Å². The number of carboxylic acid groups (broad SMARTS) is 1. The first kappa shape index (κ1) is 27.2. The first-order valence-corrected chi connectivity index (χ1v) is 13.8. The third kappa shape index (κ3) is 4.00. The minimum atomic E-state index is -1.37. The van der Waals surface area contributed by atoms with E-state index in [0.29, 0.717) is 19.3 Å². The molecule has 0 bridgehead atoms. The summed E-state index contributed by atoms with van der Waals surface area (Å²) in [6, 6.07) is 0. The highest BCUT2D eigenvalue weighted by molar-refractivity contribution is 6.01. The maximum Gasteiger partial charge on any atom is 0.306 e. The Kier molecular flexibility index (Phi) is 6.93. The van der Waals surface area contributed by atoms with E-state index in [1.807, 2.05) is 19.9 Å². The molecule has 5 rings (SSSR count). The largest absolute Gasteiger partial charge is 0.481 e. The van der Waals surface area contributed by atoms with E-state index in [-0.39, 0.29) is 36.4 Å². The van der Waals surface area contributed by atoms with Gasteiger partial charge in [0, 0.05) is 16.7 Å². The molecular weight excluding hydrogens is 492 g/mol. The van der Waals surface area contributed by atoms with Crippen LogP contribution in [-0.2, 0) is 33.4 Å². The SMILES string of the molecule is CCCC1OC2CC3C4CCC5=CC(=O)C=CC5(C)C4C(O)CC3(C)C2(C(=O)COC(=O)CCC(=O)O)O1. The smallest absolute Gasteiger partial charge is 0.306 e. The Morgan fingerprint density at radius 2 is 1.97 bits per heavy atom. The second-order valence-corrected chi connectivity index (χ2v) is 12.1. The summed E-state index contributed by atoms with van der Waals surface area (Å²) in [7, 11) is 0. The van der Waals surface area contributed by atoms with Gasteiger partial charge in [0.1, 0.15) is 0 Å². The summed E-state index contributed by atoms with van der Waals surface area (Å²) in [5.41, 5.74) is -1.50. The average molecular weight is 531 g/mol. The molecule has 0 spiro atoms. The van der Waals surface area contributed by atoms with Crippen LogP contribution in [0.4, 0.5) is 0 Å². The zero-order valence-electron chi connectivity index (χ0n) is 22.3. The third-order valence-electron chi connectivity index (χ3n) is 10.1. The van der Waals surface area contributed by atoms with Crippen molar-refractivity contribution >= 4 is 23.5 Å². The number of hydrogen-bond donors (Lipinski definition) is 2. The summed E-state index contributed by atoms with van der Waals surface area (Å²) in [5, 5.41) is 20.6. The van der Waals surface area contributed by atoms with Crippen molar-refractivity contribution in [1.82, 2.24) is 0 Å². The van der Waals surface area contributed by atoms with Gasteiger partial charge in [-0.05, 0) is 56.1 Å². The molecule has 0 aromatic carbocycles. The van der Waals surface area contributed by atoms with E-state index in [9.17, 15) is 24.3 Å². The highest BCUT2D eigenvalue weighted by Crippen LogP contribution is 2.69. The van der Waals surface area contributed by atoms with Crippen molar-refractivity contribution in [3.8, 4) is 0 Å². The van der Waals surface area contributed by atoms with E-state index in [0.717, 1.165) is 24.8 Å². The highest BCUT2D eigenvalue weighted by atomic mass is 16.7. The molecule has 4 aliphatic carbocycles. The lowest BCUT2D eigenvalue weighted by atomic mass is 9.46. The zero-order valence-corrected chi connectivity index (χ0v) is 22.3. The number of Topliss-reactive ketones (excluding diaryl/α,β-unsaturated/α-hetero) is 1. The number of ether oxygens (including phenoxy) is 3. The zero-order chi connectivity index (χ0) is 27.5. The van der Waals surface area contributed by atoms with E-state index in [2.05, 4.69) is 6.92 Å². The summed E-state index contributed by atoms with van der Waals surface area (Å²) in [6.45, 7) is 5.59. The Morgan fingerprint density at radius 1 is 1.21 bits per heavy atom. The van der Waals surface area contributed by atoms with E-state index in [1.54, 1.807) is 12.2 Å². The maximum absolute atomic E-state index is 14.0. The number of aliphatic hydroxyl groups excluding tert-OH is 1. The van der Waals surface area contributed by atoms with Gasteiger partial charge in [0.25, 0.3) is 0 Å². The van der Waals surface area contributed by atoms with Crippen LogP contribution in [0, 0.1) is 28.6 Å². The Morgan fingerprint density at radius 3 is 2.68 bits per heavy atom. The second-order valence-electron chi connectivity index (χ2n) is 12.1. The number of aliphatic carboxylic acids is 1. The number of rotatable bonds is 8. The number of allylic oxidation sites excluding steroid dienone is 4. The van der Waals surface area contributed by atoms with Crippen LogP contribution in [0.5, 0.6) is 0 Å². The Balaban J connectivity index is 1.45. The van der Waals surface area contributed by atoms with Gasteiger partial charge in [-0.2, -0.15) is 0 Å².